The zero-order chi connectivity index (χ0) is 8.85. The van der Waals surface area contributed by atoms with Crippen LogP contribution in [0.1, 0.15) is 20.8 Å². The van der Waals surface area contributed by atoms with Crippen LogP contribution in [-0.2, 0) is 14.3 Å². The molecule has 0 spiro atoms. The quantitative estimate of drug-likeness (QED) is 0.593. The van der Waals surface area contributed by atoms with Crippen molar-refractivity contribution in [3.63, 3.8) is 0 Å². The van der Waals surface area contributed by atoms with E-state index in [-0.39, 0.29) is 24.5 Å². The normalized spacial score (nSPS) is 11.9. The summed E-state index contributed by atoms with van der Waals surface area (Å²) in [5, 5.41) is 2.58. The number of rotatable bonds is 3. The van der Waals surface area contributed by atoms with E-state index in [0.29, 0.717) is 0 Å². The average molecular weight is 159 g/mol. The van der Waals surface area contributed by atoms with Gasteiger partial charge in [-0.25, -0.2) is 0 Å². The molecule has 1 amide bonds. The lowest BCUT2D eigenvalue weighted by Gasteiger charge is -2.11. The molecule has 11 heavy (non-hydrogen) atoms. The van der Waals surface area contributed by atoms with Crippen LogP contribution in [0.4, 0.5) is 0 Å². The van der Waals surface area contributed by atoms with Crippen LogP contribution in [0, 0.1) is 0 Å². The third-order valence-electron chi connectivity index (χ3n) is 0.986. The van der Waals surface area contributed by atoms with Crippen LogP contribution in [0.2, 0.25) is 0 Å². The molecular formula is C7H13NO3. The Morgan fingerprint density at radius 2 is 2.00 bits per heavy atom. The van der Waals surface area contributed by atoms with Crippen LogP contribution < -0.4 is 5.32 Å². The molecule has 0 saturated heterocycles. The minimum absolute atomic E-state index is 0.114. The number of carbonyl (C=O) groups is 2. The van der Waals surface area contributed by atoms with Gasteiger partial charge in [0.05, 0.1) is 6.04 Å². The first-order chi connectivity index (χ1) is 5.02. The number of nitrogens with one attached hydrogen (secondary N) is 1. The summed E-state index contributed by atoms with van der Waals surface area (Å²) in [6.45, 7) is 4.75. The van der Waals surface area contributed by atoms with Crippen molar-refractivity contribution >= 4 is 11.9 Å². The minimum Gasteiger partial charge on any atom is -0.464 e. The maximum absolute atomic E-state index is 10.4. The second kappa shape index (κ2) is 4.71. The van der Waals surface area contributed by atoms with E-state index in [1.807, 2.05) is 0 Å². The van der Waals surface area contributed by atoms with Crippen molar-refractivity contribution in [3.05, 3.63) is 0 Å². The highest BCUT2D eigenvalue weighted by Gasteiger charge is 2.03. The van der Waals surface area contributed by atoms with E-state index in [0.717, 1.165) is 0 Å². The molecule has 1 atom stereocenters. The predicted molar refractivity (Wildman–Crippen MR) is 39.9 cm³/mol. The Morgan fingerprint density at radius 3 is 2.36 bits per heavy atom. The number of hydrogen-bond acceptors (Lipinski definition) is 3. The van der Waals surface area contributed by atoms with Crippen LogP contribution in [0.3, 0.4) is 0 Å². The molecule has 0 saturated carbocycles. The molecule has 0 fully saturated rings. The van der Waals surface area contributed by atoms with Crippen LogP contribution in [-0.4, -0.2) is 24.5 Å². The fraction of sp³-hybridized carbons (Fsp3) is 0.714. The monoisotopic (exact) mass is 159 g/mol. The summed E-state index contributed by atoms with van der Waals surface area (Å²) < 4.78 is 4.65. The summed E-state index contributed by atoms with van der Waals surface area (Å²) in [6, 6.07) is -0.114. The molecular weight excluding hydrogens is 146 g/mol. The summed E-state index contributed by atoms with van der Waals surface area (Å²) in [6.07, 6.45) is 0. The van der Waals surface area contributed by atoms with Crippen molar-refractivity contribution in [2.45, 2.75) is 26.8 Å². The Labute approximate surface area is 65.9 Å². The molecule has 0 aromatic rings. The zero-order valence-corrected chi connectivity index (χ0v) is 7.01. The van der Waals surface area contributed by atoms with Gasteiger partial charge in [0.1, 0.15) is 6.61 Å². The molecule has 0 bridgehead atoms. The van der Waals surface area contributed by atoms with Gasteiger partial charge in [0, 0.05) is 13.8 Å². The van der Waals surface area contributed by atoms with E-state index in [2.05, 4.69) is 10.1 Å². The lowest BCUT2D eigenvalue weighted by Crippen LogP contribution is -2.34. The number of carbonyl (C=O) groups excluding carboxylic acids is 2. The molecule has 0 aliphatic carbocycles. The molecule has 0 radical (unpaired) electrons. The van der Waals surface area contributed by atoms with Gasteiger partial charge in [-0.05, 0) is 6.92 Å². The third kappa shape index (κ3) is 6.83. The van der Waals surface area contributed by atoms with Gasteiger partial charge in [-0.2, -0.15) is 0 Å². The Morgan fingerprint density at radius 1 is 1.45 bits per heavy atom. The van der Waals surface area contributed by atoms with Crippen molar-refractivity contribution < 1.29 is 14.3 Å². The van der Waals surface area contributed by atoms with E-state index in [1.165, 1.54) is 13.8 Å². The number of esters is 1. The second-order valence-electron chi connectivity index (χ2n) is 2.40. The van der Waals surface area contributed by atoms with E-state index in [9.17, 15) is 9.59 Å². The highest BCUT2D eigenvalue weighted by atomic mass is 16.5. The van der Waals surface area contributed by atoms with E-state index in [1.54, 1.807) is 6.92 Å². The maximum atomic E-state index is 10.4. The smallest absolute Gasteiger partial charge is 0.302 e. The van der Waals surface area contributed by atoms with Gasteiger partial charge in [0.2, 0.25) is 5.91 Å². The van der Waals surface area contributed by atoms with E-state index in [4.69, 9.17) is 0 Å². The Balaban J connectivity index is 3.44. The highest BCUT2D eigenvalue weighted by Crippen LogP contribution is 1.84. The first-order valence-corrected chi connectivity index (χ1v) is 3.43. The molecule has 0 rings (SSSR count). The van der Waals surface area contributed by atoms with Crippen molar-refractivity contribution in [2.24, 2.45) is 0 Å². The first kappa shape index (κ1) is 9.94. The average Bonchev–Trinajstić information content (AvgIpc) is 1.82. The first-order valence-electron chi connectivity index (χ1n) is 3.43. The largest absolute Gasteiger partial charge is 0.464 e. The summed E-state index contributed by atoms with van der Waals surface area (Å²) >= 11 is 0. The molecule has 0 unspecified atom stereocenters. The standard InChI is InChI=1S/C7H13NO3/c1-5(8-6(2)9)4-11-7(3)10/h5H,4H2,1-3H3,(H,8,9)/t5-/m1/s1. The fourth-order valence-electron chi connectivity index (χ4n) is 0.631. The van der Waals surface area contributed by atoms with Crippen molar-refractivity contribution in [3.8, 4) is 0 Å². The number of hydrogen-bond donors (Lipinski definition) is 1. The van der Waals surface area contributed by atoms with Crippen molar-refractivity contribution in [1.82, 2.24) is 5.32 Å². The maximum Gasteiger partial charge on any atom is 0.302 e. The van der Waals surface area contributed by atoms with E-state index >= 15 is 0 Å². The van der Waals surface area contributed by atoms with Gasteiger partial charge in [0.15, 0.2) is 0 Å². The van der Waals surface area contributed by atoms with Gasteiger partial charge >= 0.3 is 5.97 Å². The predicted octanol–water partition coefficient (Wildman–Crippen LogP) is 0.0741. The van der Waals surface area contributed by atoms with Crippen LogP contribution in [0.5, 0.6) is 0 Å². The molecule has 64 valence electrons. The van der Waals surface area contributed by atoms with Crippen LogP contribution in [0.25, 0.3) is 0 Å². The molecule has 0 aliphatic heterocycles. The van der Waals surface area contributed by atoms with Gasteiger partial charge in [0.25, 0.3) is 0 Å². The van der Waals surface area contributed by atoms with Crippen molar-refractivity contribution in [2.75, 3.05) is 6.61 Å². The number of ether oxygens (including phenoxy) is 1. The minimum atomic E-state index is -0.331. The Hall–Kier alpha value is -1.06. The lowest BCUT2D eigenvalue weighted by atomic mass is 10.3. The molecule has 1 N–H and O–H groups in total. The zero-order valence-electron chi connectivity index (χ0n) is 7.01. The van der Waals surface area contributed by atoms with Crippen molar-refractivity contribution in [1.29, 1.82) is 0 Å². The van der Waals surface area contributed by atoms with Crippen LogP contribution in [0.15, 0.2) is 0 Å². The summed E-state index contributed by atoms with van der Waals surface area (Å²) in [5.74, 6) is -0.452. The molecule has 0 aliphatic rings. The number of amides is 1. The molecule has 0 aromatic heterocycles. The van der Waals surface area contributed by atoms with E-state index < -0.39 is 0 Å². The molecule has 0 heterocycles. The SMILES string of the molecule is CC(=O)N[C@H](C)COC(C)=O. The van der Waals surface area contributed by atoms with Gasteiger partial charge < -0.3 is 10.1 Å². The van der Waals surface area contributed by atoms with Crippen LogP contribution >= 0.6 is 0 Å². The third-order valence-corrected chi connectivity index (χ3v) is 0.986. The molecule has 4 heteroatoms. The summed E-state index contributed by atoms with van der Waals surface area (Å²) in [7, 11) is 0. The lowest BCUT2D eigenvalue weighted by molar-refractivity contribution is -0.142. The topological polar surface area (TPSA) is 55.4 Å². The summed E-state index contributed by atoms with van der Waals surface area (Å²) in [4.78, 5) is 20.7. The molecule has 4 nitrogen and oxygen atoms in total. The Bertz CT molecular complexity index is 156. The van der Waals surface area contributed by atoms with Gasteiger partial charge in [-0.15, -0.1) is 0 Å². The van der Waals surface area contributed by atoms with Gasteiger partial charge in [-0.1, -0.05) is 0 Å². The van der Waals surface area contributed by atoms with Gasteiger partial charge in [-0.3, -0.25) is 9.59 Å². The second-order valence-corrected chi connectivity index (χ2v) is 2.40. The Kier molecular flexibility index (Phi) is 4.26. The highest BCUT2D eigenvalue weighted by molar-refractivity contribution is 5.73. The molecule has 0 aromatic carbocycles. The fourth-order valence-corrected chi connectivity index (χ4v) is 0.631. The summed E-state index contributed by atoms with van der Waals surface area (Å²) in [5.41, 5.74) is 0.